The molecule has 0 saturated heterocycles. The second-order valence-electron chi connectivity index (χ2n) is 6.49. The largest absolute Gasteiger partial charge is 0.254 e. The molecule has 0 amide bonds. The number of hydrogen-bond donors (Lipinski definition) is 0. The van der Waals surface area contributed by atoms with Crippen LogP contribution in [0.5, 0.6) is 0 Å². The van der Waals surface area contributed by atoms with E-state index in [0.29, 0.717) is 0 Å². The second kappa shape index (κ2) is 4.96. The van der Waals surface area contributed by atoms with Gasteiger partial charge in [0.2, 0.25) is 0 Å². The molecule has 0 spiro atoms. The molecule has 2 aromatic heterocycles. The van der Waals surface area contributed by atoms with Gasteiger partial charge in [-0.2, -0.15) is 0 Å². The maximum atomic E-state index is 4.71. The molecular weight excluding hydrogens is 318 g/mol. The number of hydrogen-bond acceptors (Lipinski definition) is 3. The molecule has 0 N–H and O–H groups in total. The van der Waals surface area contributed by atoms with Crippen molar-refractivity contribution in [1.29, 1.82) is 0 Å². The van der Waals surface area contributed by atoms with E-state index in [1.54, 1.807) is 12.4 Å². The van der Waals surface area contributed by atoms with Gasteiger partial charge in [-0.25, -0.2) is 0 Å². The summed E-state index contributed by atoms with van der Waals surface area (Å²) < 4.78 is 0. The van der Waals surface area contributed by atoms with Crippen molar-refractivity contribution in [3.63, 3.8) is 0 Å². The third-order valence-corrected chi connectivity index (χ3v) is 5.17. The summed E-state index contributed by atoms with van der Waals surface area (Å²) in [5.41, 5.74) is 2.68. The minimum atomic E-state index is 0.857. The summed E-state index contributed by atoms with van der Waals surface area (Å²) in [6.45, 7) is 0. The third kappa shape index (κ3) is 1.64. The molecule has 120 valence electrons. The van der Waals surface area contributed by atoms with Gasteiger partial charge in [0.05, 0.1) is 11.0 Å². The third-order valence-electron chi connectivity index (χ3n) is 5.17. The lowest BCUT2D eigenvalue weighted by Gasteiger charge is -2.14. The number of fused-ring (bicyclic) bond motifs is 11. The first-order chi connectivity index (χ1) is 12.9. The highest BCUT2D eigenvalue weighted by Gasteiger charge is 2.16. The molecule has 0 unspecified atom stereocenters. The van der Waals surface area contributed by atoms with Gasteiger partial charge < -0.3 is 0 Å². The Hall–Kier alpha value is -3.59. The summed E-state index contributed by atoms with van der Waals surface area (Å²) >= 11 is 0. The Morgan fingerprint density at radius 3 is 1.65 bits per heavy atom. The van der Waals surface area contributed by atoms with Crippen LogP contribution in [0.15, 0.2) is 79.3 Å². The number of pyridine rings is 1. The number of rotatable bonds is 0. The van der Waals surface area contributed by atoms with Gasteiger partial charge in [0, 0.05) is 34.7 Å². The Morgan fingerprint density at radius 1 is 0.385 bits per heavy atom. The summed E-state index contributed by atoms with van der Waals surface area (Å²) in [5, 5.41) is 8.41. The van der Waals surface area contributed by atoms with Gasteiger partial charge in [-0.05, 0) is 27.6 Å². The molecule has 6 rings (SSSR count). The average Bonchev–Trinajstić information content (AvgIpc) is 2.73. The van der Waals surface area contributed by atoms with Crippen LogP contribution in [0.3, 0.4) is 0 Å². The van der Waals surface area contributed by atoms with Crippen molar-refractivity contribution < 1.29 is 0 Å². The Balaban J connectivity index is 2.14. The first kappa shape index (κ1) is 13.7. The van der Waals surface area contributed by atoms with Crippen molar-refractivity contribution in [2.45, 2.75) is 0 Å². The molecule has 3 nitrogen and oxygen atoms in total. The van der Waals surface area contributed by atoms with E-state index in [-0.39, 0.29) is 0 Å². The summed E-state index contributed by atoms with van der Waals surface area (Å²) in [5.74, 6) is 0. The Bertz CT molecular complexity index is 1260. The van der Waals surface area contributed by atoms with Crippen LogP contribution in [-0.2, 0) is 0 Å². The first-order valence-electron chi connectivity index (χ1n) is 8.64. The van der Waals surface area contributed by atoms with E-state index in [0.717, 1.165) is 27.3 Å². The van der Waals surface area contributed by atoms with Crippen LogP contribution >= 0.6 is 0 Å². The van der Waals surface area contributed by atoms with Gasteiger partial charge in [0.25, 0.3) is 0 Å². The quantitative estimate of drug-likeness (QED) is 0.338. The smallest absolute Gasteiger partial charge is 0.116 e. The van der Waals surface area contributed by atoms with Gasteiger partial charge in [0.1, 0.15) is 5.52 Å². The monoisotopic (exact) mass is 331 g/mol. The van der Waals surface area contributed by atoms with E-state index >= 15 is 0 Å². The van der Waals surface area contributed by atoms with Crippen LogP contribution in [0, 0.1) is 0 Å². The van der Waals surface area contributed by atoms with E-state index < -0.39 is 0 Å². The SMILES string of the molecule is c1ccc2c(c1)c1ccccc1c1c3nccnc3c3ncccc3c21. The van der Waals surface area contributed by atoms with E-state index in [4.69, 9.17) is 4.98 Å². The molecule has 0 radical (unpaired) electrons. The molecule has 0 aliphatic heterocycles. The van der Waals surface area contributed by atoms with Crippen LogP contribution in [0.25, 0.3) is 54.3 Å². The fourth-order valence-corrected chi connectivity index (χ4v) is 4.16. The lowest BCUT2D eigenvalue weighted by molar-refractivity contribution is 1.30. The van der Waals surface area contributed by atoms with Crippen molar-refractivity contribution in [1.82, 2.24) is 15.0 Å². The van der Waals surface area contributed by atoms with Crippen LogP contribution in [0.1, 0.15) is 0 Å². The van der Waals surface area contributed by atoms with Gasteiger partial charge in [-0.15, -0.1) is 0 Å². The van der Waals surface area contributed by atoms with Crippen LogP contribution in [0.2, 0.25) is 0 Å². The van der Waals surface area contributed by atoms with E-state index in [2.05, 4.69) is 64.6 Å². The molecule has 26 heavy (non-hydrogen) atoms. The zero-order chi connectivity index (χ0) is 17.1. The standard InChI is InChI=1S/C23H13N3/c1-3-8-16-14(6-1)15-7-2-4-9-17(15)20-19(16)18-10-5-11-24-21(18)23-22(20)25-12-13-26-23/h1-13H. The Kier molecular flexibility index (Phi) is 2.61. The fourth-order valence-electron chi connectivity index (χ4n) is 4.16. The maximum Gasteiger partial charge on any atom is 0.116 e. The molecule has 0 bridgehead atoms. The zero-order valence-corrected chi connectivity index (χ0v) is 13.8. The highest BCUT2D eigenvalue weighted by Crippen LogP contribution is 2.41. The zero-order valence-electron chi connectivity index (χ0n) is 13.8. The minimum absolute atomic E-state index is 0.857. The average molecular weight is 331 g/mol. The molecule has 0 saturated carbocycles. The van der Waals surface area contributed by atoms with Crippen molar-refractivity contribution in [3.8, 4) is 0 Å². The molecular formula is C23H13N3. The number of aromatic nitrogens is 3. The molecule has 0 aliphatic rings. The Morgan fingerprint density at radius 2 is 0.923 bits per heavy atom. The predicted octanol–water partition coefficient (Wildman–Crippen LogP) is 5.64. The Labute approximate surface area is 148 Å². The van der Waals surface area contributed by atoms with E-state index in [1.165, 1.54) is 26.9 Å². The predicted molar refractivity (Wildman–Crippen MR) is 107 cm³/mol. The number of nitrogens with zero attached hydrogens (tertiary/aromatic N) is 3. The van der Waals surface area contributed by atoms with E-state index in [9.17, 15) is 0 Å². The van der Waals surface area contributed by atoms with Crippen molar-refractivity contribution in [3.05, 3.63) is 79.3 Å². The fraction of sp³-hybridized carbons (Fsp3) is 0. The van der Waals surface area contributed by atoms with E-state index in [1.807, 2.05) is 12.3 Å². The van der Waals surface area contributed by atoms with Gasteiger partial charge in [-0.3, -0.25) is 15.0 Å². The molecule has 2 heterocycles. The van der Waals surface area contributed by atoms with Crippen molar-refractivity contribution in [2.75, 3.05) is 0 Å². The molecule has 0 atom stereocenters. The highest BCUT2D eigenvalue weighted by atomic mass is 14.8. The second-order valence-corrected chi connectivity index (χ2v) is 6.49. The highest BCUT2D eigenvalue weighted by molar-refractivity contribution is 6.37. The van der Waals surface area contributed by atoms with Crippen molar-refractivity contribution in [2.24, 2.45) is 0 Å². The van der Waals surface area contributed by atoms with Crippen LogP contribution in [0.4, 0.5) is 0 Å². The number of benzene rings is 4. The minimum Gasteiger partial charge on any atom is -0.254 e. The summed E-state index contributed by atoms with van der Waals surface area (Å²) in [7, 11) is 0. The van der Waals surface area contributed by atoms with Gasteiger partial charge >= 0.3 is 0 Å². The lowest BCUT2D eigenvalue weighted by Crippen LogP contribution is -1.92. The molecule has 4 aromatic carbocycles. The summed E-state index contributed by atoms with van der Waals surface area (Å²) in [6.07, 6.45) is 5.33. The van der Waals surface area contributed by atoms with Crippen LogP contribution in [-0.4, -0.2) is 15.0 Å². The molecule has 6 aromatic rings. The van der Waals surface area contributed by atoms with Crippen molar-refractivity contribution >= 4 is 54.3 Å². The van der Waals surface area contributed by atoms with Crippen LogP contribution < -0.4 is 0 Å². The molecule has 0 aliphatic carbocycles. The lowest BCUT2D eigenvalue weighted by atomic mass is 9.91. The topological polar surface area (TPSA) is 38.7 Å². The molecule has 0 fully saturated rings. The molecule has 3 heteroatoms. The first-order valence-corrected chi connectivity index (χ1v) is 8.64. The summed E-state index contributed by atoms with van der Waals surface area (Å²) in [6, 6.07) is 21.3. The maximum absolute atomic E-state index is 4.71. The van der Waals surface area contributed by atoms with Gasteiger partial charge in [0.15, 0.2) is 0 Å². The normalized spacial score (nSPS) is 11.8. The van der Waals surface area contributed by atoms with Gasteiger partial charge in [-0.1, -0.05) is 54.6 Å². The summed E-state index contributed by atoms with van der Waals surface area (Å²) in [4.78, 5) is 14.0.